The Labute approximate surface area is 189 Å². The van der Waals surface area contributed by atoms with Gasteiger partial charge in [-0.05, 0) is 36.2 Å². The molecule has 172 valence electrons. The maximum absolute atomic E-state index is 12.0. The molecule has 3 rings (SSSR count). The molecule has 1 amide bonds. The molecule has 0 aliphatic rings. The molecule has 0 atom stereocenters. The predicted octanol–water partition coefficient (Wildman–Crippen LogP) is 3.74. The maximum Gasteiger partial charge on any atom is 0.413 e. The van der Waals surface area contributed by atoms with E-state index < -0.39 is 11.0 Å². The van der Waals surface area contributed by atoms with Gasteiger partial charge in [-0.15, -0.1) is 0 Å². The first kappa shape index (κ1) is 23.3. The van der Waals surface area contributed by atoms with Gasteiger partial charge in [-0.3, -0.25) is 20.0 Å². The highest BCUT2D eigenvalue weighted by Crippen LogP contribution is 2.30. The fourth-order valence-electron chi connectivity index (χ4n) is 3.14. The number of pyridine rings is 2. The lowest BCUT2D eigenvalue weighted by Crippen LogP contribution is -2.30. The fraction of sp³-hybridized carbons (Fsp3) is 0.227. The Morgan fingerprint density at radius 1 is 1.21 bits per heavy atom. The van der Waals surface area contributed by atoms with E-state index in [0.29, 0.717) is 30.0 Å². The molecule has 1 aromatic carbocycles. The molecule has 11 heteroatoms. The monoisotopic (exact) mass is 453 g/mol. The van der Waals surface area contributed by atoms with E-state index >= 15 is 0 Å². The zero-order chi connectivity index (χ0) is 23.8. The van der Waals surface area contributed by atoms with Gasteiger partial charge in [-0.1, -0.05) is 6.07 Å². The van der Waals surface area contributed by atoms with E-state index in [-0.39, 0.29) is 23.9 Å². The molecular formula is C22H23N5O6. The van der Waals surface area contributed by atoms with Gasteiger partial charge >= 0.3 is 11.8 Å². The van der Waals surface area contributed by atoms with Gasteiger partial charge in [0.1, 0.15) is 17.3 Å². The number of carbonyl (C=O) groups is 1. The molecule has 0 saturated heterocycles. The number of aromatic nitrogens is 2. The SMILES string of the molecule is COc1ccc(CN(C(=O)O)c2ccc([N+](=O)[O-])c(NCCc3cccnc3)n2)c(OC)c1. The normalized spacial score (nSPS) is 10.4. The van der Waals surface area contributed by atoms with Crippen LogP contribution in [0.1, 0.15) is 11.1 Å². The Morgan fingerprint density at radius 2 is 2.03 bits per heavy atom. The van der Waals surface area contributed by atoms with Crippen molar-refractivity contribution < 1.29 is 24.3 Å². The molecule has 0 aliphatic carbocycles. The minimum atomic E-state index is -1.27. The number of benzene rings is 1. The zero-order valence-corrected chi connectivity index (χ0v) is 18.1. The number of hydrogen-bond donors (Lipinski definition) is 2. The van der Waals surface area contributed by atoms with Crippen LogP contribution in [-0.4, -0.2) is 46.9 Å². The summed E-state index contributed by atoms with van der Waals surface area (Å²) >= 11 is 0. The summed E-state index contributed by atoms with van der Waals surface area (Å²) in [6.07, 6.45) is 2.65. The summed E-state index contributed by atoms with van der Waals surface area (Å²) in [6, 6.07) is 11.2. The van der Waals surface area contributed by atoms with Gasteiger partial charge in [-0.25, -0.2) is 9.78 Å². The molecule has 3 aromatic rings. The Kier molecular flexibility index (Phi) is 7.58. The Bertz CT molecular complexity index is 1130. The fourth-order valence-corrected chi connectivity index (χ4v) is 3.14. The minimum absolute atomic E-state index is 0.0191. The molecule has 0 radical (unpaired) electrons. The van der Waals surface area contributed by atoms with Crippen molar-refractivity contribution in [3.05, 3.63) is 76.1 Å². The molecule has 11 nitrogen and oxygen atoms in total. The quantitative estimate of drug-likeness (QED) is 0.347. The summed E-state index contributed by atoms with van der Waals surface area (Å²) in [4.78, 5) is 32.2. The first-order valence-corrected chi connectivity index (χ1v) is 9.92. The van der Waals surface area contributed by atoms with E-state index in [0.717, 1.165) is 10.5 Å². The highest BCUT2D eigenvalue weighted by Gasteiger charge is 2.23. The summed E-state index contributed by atoms with van der Waals surface area (Å²) in [5, 5.41) is 24.2. The number of amides is 1. The topological polar surface area (TPSA) is 140 Å². The number of nitro groups is 1. The Hall–Kier alpha value is -4.41. The summed E-state index contributed by atoms with van der Waals surface area (Å²) in [5.41, 5.74) is 1.27. The molecule has 2 heterocycles. The summed E-state index contributed by atoms with van der Waals surface area (Å²) in [5.74, 6) is 1.02. The maximum atomic E-state index is 12.0. The Balaban J connectivity index is 1.86. The third kappa shape index (κ3) is 5.85. The second-order valence-corrected chi connectivity index (χ2v) is 6.88. The van der Waals surface area contributed by atoms with E-state index in [2.05, 4.69) is 15.3 Å². The number of nitrogens with one attached hydrogen (secondary N) is 1. The van der Waals surface area contributed by atoms with Crippen molar-refractivity contribution in [3.8, 4) is 11.5 Å². The number of anilines is 2. The van der Waals surface area contributed by atoms with Crippen molar-refractivity contribution >= 4 is 23.4 Å². The van der Waals surface area contributed by atoms with Gasteiger partial charge in [0.15, 0.2) is 0 Å². The third-order valence-electron chi connectivity index (χ3n) is 4.82. The van der Waals surface area contributed by atoms with Crippen LogP contribution in [0, 0.1) is 10.1 Å². The second kappa shape index (κ2) is 10.8. The smallest absolute Gasteiger partial charge is 0.413 e. The van der Waals surface area contributed by atoms with Crippen molar-refractivity contribution in [2.45, 2.75) is 13.0 Å². The lowest BCUT2D eigenvalue weighted by molar-refractivity contribution is -0.384. The zero-order valence-electron chi connectivity index (χ0n) is 18.1. The summed E-state index contributed by atoms with van der Waals surface area (Å²) < 4.78 is 10.5. The first-order valence-electron chi connectivity index (χ1n) is 9.92. The highest BCUT2D eigenvalue weighted by atomic mass is 16.6. The summed E-state index contributed by atoms with van der Waals surface area (Å²) in [7, 11) is 2.99. The highest BCUT2D eigenvalue weighted by molar-refractivity contribution is 5.85. The van der Waals surface area contributed by atoms with Gasteiger partial charge in [0.2, 0.25) is 5.82 Å². The molecule has 2 aromatic heterocycles. The number of ether oxygens (including phenoxy) is 2. The molecule has 0 unspecified atom stereocenters. The van der Waals surface area contributed by atoms with Crippen molar-refractivity contribution in [2.75, 3.05) is 31.0 Å². The van der Waals surface area contributed by atoms with Crippen molar-refractivity contribution in [1.29, 1.82) is 0 Å². The molecule has 2 N–H and O–H groups in total. The molecule has 33 heavy (non-hydrogen) atoms. The molecule has 0 saturated carbocycles. The number of rotatable bonds is 10. The Morgan fingerprint density at radius 3 is 2.67 bits per heavy atom. The van der Waals surface area contributed by atoms with Crippen LogP contribution < -0.4 is 19.7 Å². The largest absolute Gasteiger partial charge is 0.497 e. The minimum Gasteiger partial charge on any atom is -0.497 e. The molecule has 0 spiro atoms. The van der Waals surface area contributed by atoms with Crippen LogP contribution in [0.2, 0.25) is 0 Å². The van der Waals surface area contributed by atoms with E-state index in [1.54, 1.807) is 36.7 Å². The molecule has 0 aliphatic heterocycles. The van der Waals surface area contributed by atoms with E-state index in [1.165, 1.54) is 26.4 Å². The van der Waals surface area contributed by atoms with Crippen LogP contribution in [0.15, 0.2) is 54.9 Å². The number of hydrogen-bond acceptors (Lipinski definition) is 8. The number of methoxy groups -OCH3 is 2. The number of carboxylic acid groups (broad SMARTS) is 1. The van der Waals surface area contributed by atoms with Gasteiger partial charge in [0.25, 0.3) is 0 Å². The van der Waals surface area contributed by atoms with Gasteiger partial charge < -0.3 is 19.9 Å². The van der Waals surface area contributed by atoms with Crippen LogP contribution in [-0.2, 0) is 13.0 Å². The van der Waals surface area contributed by atoms with Gasteiger partial charge in [0, 0.05) is 36.6 Å². The van der Waals surface area contributed by atoms with E-state index in [4.69, 9.17) is 9.47 Å². The molecular weight excluding hydrogens is 430 g/mol. The average Bonchev–Trinajstić information content (AvgIpc) is 2.82. The second-order valence-electron chi connectivity index (χ2n) is 6.88. The van der Waals surface area contributed by atoms with Crippen LogP contribution >= 0.6 is 0 Å². The van der Waals surface area contributed by atoms with Crippen LogP contribution in [0.4, 0.5) is 22.1 Å². The van der Waals surface area contributed by atoms with Gasteiger partial charge in [0.05, 0.1) is 25.7 Å². The average molecular weight is 453 g/mol. The van der Waals surface area contributed by atoms with Crippen LogP contribution in [0.5, 0.6) is 11.5 Å². The van der Waals surface area contributed by atoms with Crippen molar-refractivity contribution in [1.82, 2.24) is 9.97 Å². The molecule has 0 bridgehead atoms. The summed E-state index contributed by atoms with van der Waals surface area (Å²) in [6.45, 7) is 0.269. The van der Waals surface area contributed by atoms with Crippen LogP contribution in [0.3, 0.4) is 0 Å². The predicted molar refractivity (Wildman–Crippen MR) is 121 cm³/mol. The first-order chi connectivity index (χ1) is 15.9. The third-order valence-corrected chi connectivity index (χ3v) is 4.82. The standard InChI is InChI=1S/C22H23N5O6/c1-32-17-6-5-16(19(12-17)33-2)14-26(22(28)29)20-8-7-18(27(30)31)21(25-20)24-11-9-15-4-3-10-23-13-15/h3-8,10,12-13H,9,11,14H2,1-2H3,(H,24,25)(H,28,29). The van der Waals surface area contributed by atoms with Crippen molar-refractivity contribution in [3.63, 3.8) is 0 Å². The van der Waals surface area contributed by atoms with E-state index in [9.17, 15) is 20.0 Å². The van der Waals surface area contributed by atoms with Crippen molar-refractivity contribution in [2.24, 2.45) is 0 Å². The van der Waals surface area contributed by atoms with E-state index in [1.807, 2.05) is 6.07 Å². The lowest BCUT2D eigenvalue weighted by Gasteiger charge is -2.20. The van der Waals surface area contributed by atoms with Crippen LogP contribution in [0.25, 0.3) is 0 Å². The van der Waals surface area contributed by atoms with Gasteiger partial charge in [-0.2, -0.15) is 0 Å². The molecule has 0 fully saturated rings. The lowest BCUT2D eigenvalue weighted by atomic mass is 10.1. The number of nitrogens with zero attached hydrogens (tertiary/aromatic N) is 4.